The molecule has 0 spiro atoms. The average molecular weight is 307 g/mol. The highest BCUT2D eigenvalue weighted by Gasteiger charge is 2.20. The lowest BCUT2D eigenvalue weighted by Gasteiger charge is -2.08. The minimum atomic E-state index is -0.535. The SMILES string of the molecule is O=[N+]([O-])c1c(Nc2cc(F)cc(Cl)c2)ccc2[nH]cnc12. The summed E-state index contributed by atoms with van der Waals surface area (Å²) in [5.74, 6) is -0.534. The van der Waals surface area contributed by atoms with Crippen molar-refractivity contribution in [2.75, 3.05) is 5.32 Å². The van der Waals surface area contributed by atoms with Crippen LogP contribution in [-0.2, 0) is 0 Å². The van der Waals surface area contributed by atoms with Crippen molar-refractivity contribution in [2.45, 2.75) is 0 Å². The Hall–Kier alpha value is -2.67. The van der Waals surface area contributed by atoms with Crippen LogP contribution in [-0.4, -0.2) is 14.9 Å². The number of rotatable bonds is 3. The van der Waals surface area contributed by atoms with E-state index in [0.29, 0.717) is 11.2 Å². The van der Waals surface area contributed by atoms with Gasteiger partial charge < -0.3 is 10.3 Å². The van der Waals surface area contributed by atoms with Crippen LogP contribution in [0, 0.1) is 15.9 Å². The molecule has 106 valence electrons. The van der Waals surface area contributed by atoms with E-state index in [1.807, 2.05) is 0 Å². The van der Waals surface area contributed by atoms with Gasteiger partial charge in [-0.25, -0.2) is 9.37 Å². The maximum atomic E-state index is 13.3. The van der Waals surface area contributed by atoms with Crippen LogP contribution < -0.4 is 5.32 Å². The number of aromatic nitrogens is 2. The summed E-state index contributed by atoms with van der Waals surface area (Å²) >= 11 is 5.77. The number of H-pyrrole nitrogens is 1. The Morgan fingerprint density at radius 1 is 1.33 bits per heavy atom. The van der Waals surface area contributed by atoms with Crippen molar-refractivity contribution < 1.29 is 9.31 Å². The molecule has 2 aromatic carbocycles. The van der Waals surface area contributed by atoms with E-state index in [1.54, 1.807) is 6.07 Å². The number of aromatic amines is 1. The molecule has 0 unspecified atom stereocenters. The molecule has 0 aliphatic heterocycles. The fraction of sp³-hybridized carbons (Fsp3) is 0. The summed E-state index contributed by atoms with van der Waals surface area (Å²) in [6.07, 6.45) is 1.38. The molecule has 1 aromatic heterocycles. The topological polar surface area (TPSA) is 83.9 Å². The molecule has 0 aliphatic carbocycles. The summed E-state index contributed by atoms with van der Waals surface area (Å²) in [4.78, 5) is 17.5. The summed E-state index contributed by atoms with van der Waals surface area (Å²) in [6, 6.07) is 7.00. The number of nitro groups is 1. The molecule has 0 amide bonds. The Kier molecular flexibility index (Phi) is 3.19. The van der Waals surface area contributed by atoms with Crippen molar-refractivity contribution >= 4 is 39.7 Å². The Balaban J connectivity index is 2.11. The predicted molar refractivity (Wildman–Crippen MR) is 77.4 cm³/mol. The lowest BCUT2D eigenvalue weighted by Crippen LogP contribution is -1.98. The largest absolute Gasteiger partial charge is 0.350 e. The van der Waals surface area contributed by atoms with Gasteiger partial charge in [0.1, 0.15) is 11.5 Å². The van der Waals surface area contributed by atoms with Crippen LogP contribution in [0.15, 0.2) is 36.7 Å². The molecular weight excluding hydrogens is 299 g/mol. The quantitative estimate of drug-likeness (QED) is 0.565. The number of nitro benzene ring substituents is 1. The number of anilines is 2. The van der Waals surface area contributed by atoms with Gasteiger partial charge >= 0.3 is 5.69 Å². The number of benzene rings is 2. The molecule has 3 rings (SSSR count). The van der Waals surface area contributed by atoms with E-state index in [2.05, 4.69) is 15.3 Å². The molecule has 0 aliphatic rings. The summed E-state index contributed by atoms with van der Waals surface area (Å²) in [5, 5.41) is 14.3. The number of fused-ring (bicyclic) bond motifs is 1. The highest BCUT2D eigenvalue weighted by Crippen LogP contribution is 2.34. The maximum absolute atomic E-state index is 13.3. The zero-order chi connectivity index (χ0) is 15.0. The summed E-state index contributed by atoms with van der Waals surface area (Å²) in [5.41, 5.74) is 1.12. The second-order valence-corrected chi connectivity index (χ2v) is 4.74. The van der Waals surface area contributed by atoms with Crippen molar-refractivity contribution in [3.05, 3.63) is 57.6 Å². The lowest BCUT2D eigenvalue weighted by molar-refractivity contribution is -0.382. The van der Waals surface area contributed by atoms with E-state index in [4.69, 9.17) is 11.6 Å². The standard InChI is InChI=1S/C13H8ClFN4O2/c14-7-3-8(15)5-9(4-7)18-11-2-1-10-12(17-6-16-10)13(11)19(20)21/h1-6,18H,(H,16,17). The van der Waals surface area contributed by atoms with Gasteiger partial charge in [-0.05, 0) is 30.3 Å². The van der Waals surface area contributed by atoms with Crippen LogP contribution in [0.2, 0.25) is 5.02 Å². The van der Waals surface area contributed by atoms with E-state index in [0.717, 1.165) is 6.07 Å². The van der Waals surface area contributed by atoms with Crippen LogP contribution in [0.4, 0.5) is 21.5 Å². The van der Waals surface area contributed by atoms with Gasteiger partial charge in [0.25, 0.3) is 0 Å². The molecule has 0 saturated heterocycles. The molecule has 0 saturated carbocycles. The first kappa shape index (κ1) is 13.3. The predicted octanol–water partition coefficient (Wildman–Crippen LogP) is 4.01. The molecule has 0 fully saturated rings. The fourth-order valence-corrected chi connectivity index (χ4v) is 2.28. The highest BCUT2D eigenvalue weighted by atomic mass is 35.5. The zero-order valence-electron chi connectivity index (χ0n) is 10.4. The molecule has 6 nitrogen and oxygen atoms in total. The number of hydrogen-bond donors (Lipinski definition) is 2. The highest BCUT2D eigenvalue weighted by molar-refractivity contribution is 6.30. The average Bonchev–Trinajstić information content (AvgIpc) is 2.84. The van der Waals surface area contributed by atoms with Gasteiger partial charge in [0, 0.05) is 10.7 Å². The maximum Gasteiger partial charge on any atom is 0.320 e. The smallest absolute Gasteiger partial charge is 0.320 e. The molecule has 2 N–H and O–H groups in total. The van der Waals surface area contributed by atoms with Gasteiger partial charge in [-0.1, -0.05) is 11.6 Å². The van der Waals surface area contributed by atoms with Crippen LogP contribution >= 0.6 is 11.6 Å². The molecule has 8 heteroatoms. The first-order valence-corrected chi connectivity index (χ1v) is 6.26. The third kappa shape index (κ3) is 2.50. The molecule has 21 heavy (non-hydrogen) atoms. The minimum Gasteiger partial charge on any atom is -0.350 e. The number of nitrogens with zero attached hydrogens (tertiary/aromatic N) is 2. The molecular formula is C13H8ClFN4O2. The Morgan fingerprint density at radius 3 is 2.86 bits per heavy atom. The van der Waals surface area contributed by atoms with E-state index < -0.39 is 10.7 Å². The van der Waals surface area contributed by atoms with E-state index in [1.165, 1.54) is 24.5 Å². The fourth-order valence-electron chi connectivity index (χ4n) is 2.06. The van der Waals surface area contributed by atoms with Crippen LogP contribution in [0.1, 0.15) is 0 Å². The van der Waals surface area contributed by atoms with Gasteiger partial charge in [0.05, 0.1) is 16.8 Å². The van der Waals surface area contributed by atoms with Crippen molar-refractivity contribution in [1.82, 2.24) is 9.97 Å². The number of hydrogen-bond acceptors (Lipinski definition) is 4. The lowest BCUT2D eigenvalue weighted by atomic mass is 10.2. The van der Waals surface area contributed by atoms with Gasteiger partial charge in [-0.3, -0.25) is 10.1 Å². The Bertz CT molecular complexity index is 829. The van der Waals surface area contributed by atoms with Crippen LogP contribution in [0.25, 0.3) is 11.0 Å². The second-order valence-electron chi connectivity index (χ2n) is 4.30. The first-order valence-electron chi connectivity index (χ1n) is 5.88. The van der Waals surface area contributed by atoms with Gasteiger partial charge in [-0.2, -0.15) is 0 Å². The number of nitrogens with one attached hydrogen (secondary N) is 2. The summed E-state index contributed by atoms with van der Waals surface area (Å²) in [6.45, 7) is 0. The summed E-state index contributed by atoms with van der Waals surface area (Å²) in [7, 11) is 0. The number of halogens is 2. The summed E-state index contributed by atoms with van der Waals surface area (Å²) < 4.78 is 13.3. The zero-order valence-corrected chi connectivity index (χ0v) is 11.2. The van der Waals surface area contributed by atoms with Crippen molar-refractivity contribution in [3.8, 4) is 0 Å². The van der Waals surface area contributed by atoms with Gasteiger partial charge in [-0.15, -0.1) is 0 Å². The van der Waals surface area contributed by atoms with E-state index in [-0.39, 0.29) is 21.9 Å². The monoisotopic (exact) mass is 306 g/mol. The van der Waals surface area contributed by atoms with Crippen molar-refractivity contribution in [3.63, 3.8) is 0 Å². The van der Waals surface area contributed by atoms with Crippen LogP contribution in [0.3, 0.4) is 0 Å². The van der Waals surface area contributed by atoms with E-state index in [9.17, 15) is 14.5 Å². The van der Waals surface area contributed by atoms with Crippen LogP contribution in [0.5, 0.6) is 0 Å². The van der Waals surface area contributed by atoms with Crippen molar-refractivity contribution in [1.29, 1.82) is 0 Å². The third-order valence-corrected chi connectivity index (χ3v) is 3.11. The Morgan fingerprint density at radius 2 is 2.14 bits per heavy atom. The molecule has 1 heterocycles. The van der Waals surface area contributed by atoms with Gasteiger partial charge in [0.15, 0.2) is 5.52 Å². The van der Waals surface area contributed by atoms with E-state index >= 15 is 0 Å². The molecule has 0 atom stereocenters. The molecule has 0 bridgehead atoms. The third-order valence-electron chi connectivity index (χ3n) is 2.89. The first-order chi connectivity index (χ1) is 10.0. The van der Waals surface area contributed by atoms with Gasteiger partial charge in [0.2, 0.25) is 0 Å². The molecule has 0 radical (unpaired) electrons. The number of imidazole rings is 1. The molecule has 3 aromatic rings. The second kappa shape index (κ2) is 5.02. The van der Waals surface area contributed by atoms with Crippen molar-refractivity contribution in [2.24, 2.45) is 0 Å². The Labute approximate surface area is 122 Å². The minimum absolute atomic E-state index is 0.186. The normalized spacial score (nSPS) is 10.8.